The molecule has 0 bridgehead atoms. The van der Waals surface area contributed by atoms with Crippen molar-refractivity contribution in [1.82, 2.24) is 9.80 Å². The third-order valence-electron chi connectivity index (χ3n) is 3.58. The number of rotatable bonds is 6. The molecule has 0 aromatic rings. The fraction of sp³-hybridized carbons (Fsp3) is 0.786. The number of esters is 1. The fourth-order valence-corrected chi connectivity index (χ4v) is 2.30. The van der Waals surface area contributed by atoms with Crippen LogP contribution in [0.25, 0.3) is 0 Å². The summed E-state index contributed by atoms with van der Waals surface area (Å²) in [7, 11) is 1.38. The van der Waals surface area contributed by atoms with Crippen molar-refractivity contribution >= 4 is 11.9 Å². The maximum absolute atomic E-state index is 12.1. The summed E-state index contributed by atoms with van der Waals surface area (Å²) in [5.74, 6) is -0.778. The number of nitrogens with zero attached hydrogens (tertiary/aromatic N) is 3. The Balaban J connectivity index is 2.36. The van der Waals surface area contributed by atoms with Crippen LogP contribution in [-0.4, -0.2) is 61.5 Å². The molecule has 0 radical (unpaired) electrons. The summed E-state index contributed by atoms with van der Waals surface area (Å²) in [5.41, 5.74) is 0. The van der Waals surface area contributed by atoms with E-state index in [-0.39, 0.29) is 11.9 Å². The van der Waals surface area contributed by atoms with Gasteiger partial charge in [0.15, 0.2) is 0 Å². The molecule has 1 aliphatic rings. The third kappa shape index (κ3) is 4.82. The molecule has 0 saturated carbocycles. The zero-order valence-electron chi connectivity index (χ0n) is 12.3. The van der Waals surface area contributed by atoms with E-state index in [1.807, 2.05) is 6.92 Å². The molecule has 0 N–H and O–H groups in total. The molecule has 1 unspecified atom stereocenters. The van der Waals surface area contributed by atoms with E-state index in [9.17, 15) is 9.59 Å². The van der Waals surface area contributed by atoms with Crippen LogP contribution in [0.4, 0.5) is 0 Å². The van der Waals surface area contributed by atoms with Crippen molar-refractivity contribution in [1.29, 1.82) is 5.26 Å². The van der Waals surface area contributed by atoms with E-state index in [2.05, 4.69) is 15.7 Å². The van der Waals surface area contributed by atoms with Gasteiger partial charge in [0, 0.05) is 32.7 Å². The van der Waals surface area contributed by atoms with Crippen molar-refractivity contribution < 1.29 is 14.3 Å². The van der Waals surface area contributed by atoms with Gasteiger partial charge < -0.3 is 9.64 Å². The first kappa shape index (κ1) is 16.4. The van der Waals surface area contributed by atoms with Gasteiger partial charge in [-0.3, -0.25) is 14.5 Å². The van der Waals surface area contributed by atoms with Gasteiger partial charge in [0.25, 0.3) is 0 Å². The van der Waals surface area contributed by atoms with Gasteiger partial charge in [-0.2, -0.15) is 5.26 Å². The van der Waals surface area contributed by atoms with Gasteiger partial charge >= 0.3 is 5.97 Å². The molecule has 1 atom stereocenters. The van der Waals surface area contributed by atoms with Gasteiger partial charge in [-0.15, -0.1) is 0 Å². The zero-order valence-corrected chi connectivity index (χ0v) is 12.3. The Labute approximate surface area is 120 Å². The van der Waals surface area contributed by atoms with Gasteiger partial charge in [0.2, 0.25) is 5.91 Å². The maximum Gasteiger partial charge on any atom is 0.306 e. The first-order chi connectivity index (χ1) is 9.62. The van der Waals surface area contributed by atoms with Crippen molar-refractivity contribution in [3.8, 4) is 6.07 Å². The minimum atomic E-state index is -0.512. The Morgan fingerprint density at radius 1 is 1.30 bits per heavy atom. The number of carbonyl (C=O) groups excluding carboxylic acids is 2. The molecule has 1 heterocycles. The van der Waals surface area contributed by atoms with Crippen LogP contribution in [0.1, 0.15) is 26.2 Å². The van der Waals surface area contributed by atoms with Gasteiger partial charge in [0.1, 0.15) is 5.92 Å². The Morgan fingerprint density at radius 2 is 1.95 bits per heavy atom. The predicted molar refractivity (Wildman–Crippen MR) is 73.7 cm³/mol. The molecule has 6 heteroatoms. The van der Waals surface area contributed by atoms with Crippen LogP contribution in [-0.2, 0) is 14.3 Å². The lowest BCUT2D eigenvalue weighted by atomic mass is 10.0. The molecule has 0 spiro atoms. The Morgan fingerprint density at radius 3 is 2.45 bits per heavy atom. The molecule has 112 valence electrons. The number of amides is 1. The summed E-state index contributed by atoms with van der Waals surface area (Å²) < 4.78 is 4.61. The molecule has 1 saturated heterocycles. The highest BCUT2D eigenvalue weighted by atomic mass is 16.5. The molecular formula is C14H23N3O3. The van der Waals surface area contributed by atoms with E-state index in [0.29, 0.717) is 32.5 Å². The van der Waals surface area contributed by atoms with Crippen LogP contribution < -0.4 is 0 Å². The third-order valence-corrected chi connectivity index (χ3v) is 3.58. The van der Waals surface area contributed by atoms with Crippen LogP contribution in [0.5, 0.6) is 0 Å². The molecule has 0 aromatic carbocycles. The van der Waals surface area contributed by atoms with Gasteiger partial charge in [-0.1, -0.05) is 13.3 Å². The molecule has 0 aliphatic carbocycles. The first-order valence-corrected chi connectivity index (χ1v) is 7.10. The van der Waals surface area contributed by atoms with E-state index in [1.54, 1.807) is 4.90 Å². The summed E-state index contributed by atoms with van der Waals surface area (Å²) in [6, 6.07) is 2.09. The van der Waals surface area contributed by atoms with Crippen LogP contribution in [0.3, 0.4) is 0 Å². The molecule has 6 nitrogen and oxygen atoms in total. The van der Waals surface area contributed by atoms with Crippen LogP contribution >= 0.6 is 0 Å². The normalized spacial score (nSPS) is 17.4. The van der Waals surface area contributed by atoms with Gasteiger partial charge in [-0.05, 0) is 6.42 Å². The van der Waals surface area contributed by atoms with E-state index in [1.165, 1.54) is 7.11 Å². The largest absolute Gasteiger partial charge is 0.469 e. The summed E-state index contributed by atoms with van der Waals surface area (Å²) >= 11 is 0. The number of nitriles is 1. The van der Waals surface area contributed by atoms with E-state index >= 15 is 0 Å². The van der Waals surface area contributed by atoms with Crippen molar-refractivity contribution in [2.24, 2.45) is 5.92 Å². The highest BCUT2D eigenvalue weighted by Crippen LogP contribution is 2.12. The standard InChI is InChI=1S/C14H23N3O3/c1-3-4-12(11-15)14(19)17-9-7-16(8-10-17)6-5-13(18)20-2/h12H,3-10H2,1-2H3. The summed E-state index contributed by atoms with van der Waals surface area (Å²) in [5, 5.41) is 9.02. The second-order valence-electron chi connectivity index (χ2n) is 4.96. The molecule has 1 rings (SSSR count). The summed E-state index contributed by atoms with van der Waals surface area (Å²) in [4.78, 5) is 27.1. The van der Waals surface area contributed by atoms with E-state index in [4.69, 9.17) is 5.26 Å². The molecule has 1 amide bonds. The minimum absolute atomic E-state index is 0.0537. The monoisotopic (exact) mass is 281 g/mol. The lowest BCUT2D eigenvalue weighted by Gasteiger charge is -2.35. The average Bonchev–Trinajstić information content (AvgIpc) is 2.50. The number of ether oxygens (including phenoxy) is 1. The van der Waals surface area contributed by atoms with Crippen molar-refractivity contribution in [3.63, 3.8) is 0 Å². The molecular weight excluding hydrogens is 258 g/mol. The van der Waals surface area contributed by atoms with Gasteiger partial charge in [0.05, 0.1) is 19.6 Å². The van der Waals surface area contributed by atoms with E-state index in [0.717, 1.165) is 19.5 Å². The van der Waals surface area contributed by atoms with Crippen molar-refractivity contribution in [2.45, 2.75) is 26.2 Å². The maximum atomic E-state index is 12.1. The topological polar surface area (TPSA) is 73.6 Å². The molecule has 1 fully saturated rings. The highest BCUT2D eigenvalue weighted by molar-refractivity contribution is 5.81. The average molecular weight is 281 g/mol. The SMILES string of the molecule is CCCC(C#N)C(=O)N1CCN(CCC(=O)OC)CC1. The Kier molecular flexibility index (Phi) is 7.02. The second kappa shape index (κ2) is 8.54. The number of hydrogen-bond donors (Lipinski definition) is 0. The lowest BCUT2D eigenvalue weighted by molar-refractivity contribution is -0.142. The molecule has 1 aliphatic heterocycles. The summed E-state index contributed by atoms with van der Waals surface area (Å²) in [6.07, 6.45) is 1.84. The fourth-order valence-electron chi connectivity index (χ4n) is 2.30. The number of piperazine rings is 1. The highest BCUT2D eigenvalue weighted by Gasteiger charge is 2.26. The molecule has 20 heavy (non-hydrogen) atoms. The minimum Gasteiger partial charge on any atom is -0.469 e. The quantitative estimate of drug-likeness (QED) is 0.668. The van der Waals surface area contributed by atoms with Crippen LogP contribution in [0.15, 0.2) is 0 Å². The number of hydrogen-bond acceptors (Lipinski definition) is 5. The molecule has 0 aromatic heterocycles. The number of carbonyl (C=O) groups is 2. The number of methoxy groups -OCH3 is 1. The lowest BCUT2D eigenvalue weighted by Crippen LogP contribution is -2.50. The Bertz CT molecular complexity index is 370. The van der Waals surface area contributed by atoms with E-state index < -0.39 is 5.92 Å². The summed E-state index contributed by atoms with van der Waals surface area (Å²) in [6.45, 7) is 5.37. The van der Waals surface area contributed by atoms with Crippen LogP contribution in [0, 0.1) is 17.2 Å². The first-order valence-electron chi connectivity index (χ1n) is 7.10. The second-order valence-corrected chi connectivity index (χ2v) is 4.96. The van der Waals surface area contributed by atoms with Crippen LogP contribution in [0.2, 0.25) is 0 Å². The van der Waals surface area contributed by atoms with Gasteiger partial charge in [-0.25, -0.2) is 0 Å². The van der Waals surface area contributed by atoms with Crippen molar-refractivity contribution in [3.05, 3.63) is 0 Å². The van der Waals surface area contributed by atoms with Crippen molar-refractivity contribution in [2.75, 3.05) is 39.8 Å². The zero-order chi connectivity index (χ0) is 15.0. The predicted octanol–water partition coefficient (Wildman–Crippen LogP) is 0.634. The Hall–Kier alpha value is -1.61. The smallest absolute Gasteiger partial charge is 0.306 e.